The number of halogens is 6. The third-order valence-corrected chi connectivity index (χ3v) is 4.62. The van der Waals surface area contributed by atoms with Gasteiger partial charge in [-0.15, -0.1) is 0 Å². The molecule has 7 N–H and O–H groups in total. The summed E-state index contributed by atoms with van der Waals surface area (Å²) in [4.78, 5) is 29.5. The standard InChI is InChI=1S/C18H39N3O.2C2HF3O2/c1-2-3-4-5-6-7-8-9-10-13-16-21-18(22)17(20)14-11-12-15-19;2*3-2(4,5)1(6)7/h17H,2-16,19-20H2,1H3,(H,21,22);2*(H,6,7)/t17-;;/m1../s1. The average Bonchev–Trinajstić information content (AvgIpc) is 2.77. The topological polar surface area (TPSA) is 156 Å². The van der Waals surface area contributed by atoms with Crippen LogP contribution in [-0.4, -0.2) is 59.5 Å². The Kier molecular flexibility index (Phi) is 24.9. The van der Waals surface area contributed by atoms with Crippen LogP contribution in [0.1, 0.15) is 90.4 Å². The number of amides is 1. The minimum absolute atomic E-state index is 0.00653. The van der Waals surface area contributed by atoms with Gasteiger partial charge in [-0.25, -0.2) is 9.59 Å². The molecule has 0 aliphatic heterocycles. The number of nitrogens with two attached hydrogens (primary N) is 2. The van der Waals surface area contributed by atoms with Crippen LogP contribution in [0, 0.1) is 0 Å². The summed E-state index contributed by atoms with van der Waals surface area (Å²) < 4.78 is 63.5. The van der Waals surface area contributed by atoms with E-state index in [-0.39, 0.29) is 11.9 Å². The van der Waals surface area contributed by atoms with E-state index in [2.05, 4.69) is 12.2 Å². The Bertz CT molecular complexity index is 551. The van der Waals surface area contributed by atoms with Gasteiger partial charge in [0.05, 0.1) is 6.04 Å². The van der Waals surface area contributed by atoms with E-state index in [9.17, 15) is 31.1 Å². The highest BCUT2D eigenvalue weighted by atomic mass is 19.4. The highest BCUT2D eigenvalue weighted by Gasteiger charge is 2.38. The van der Waals surface area contributed by atoms with Crippen LogP contribution in [0.5, 0.6) is 0 Å². The van der Waals surface area contributed by atoms with Gasteiger partial charge in [0.2, 0.25) is 5.91 Å². The summed E-state index contributed by atoms with van der Waals surface area (Å²) in [5.74, 6) is -5.52. The molecule has 0 saturated carbocycles. The molecule has 0 radical (unpaired) electrons. The van der Waals surface area contributed by atoms with Gasteiger partial charge in [-0.3, -0.25) is 4.79 Å². The summed E-state index contributed by atoms with van der Waals surface area (Å²) in [6, 6.07) is -0.366. The Morgan fingerprint density at radius 1 is 0.722 bits per heavy atom. The number of carboxylic acids is 2. The molecular formula is C22H41F6N3O5. The first-order chi connectivity index (χ1) is 16.6. The third kappa shape index (κ3) is 29.9. The Hall–Kier alpha value is -2.09. The quantitative estimate of drug-likeness (QED) is 0.139. The summed E-state index contributed by atoms with van der Waals surface area (Å²) in [5.41, 5.74) is 11.3. The summed E-state index contributed by atoms with van der Waals surface area (Å²) >= 11 is 0. The largest absolute Gasteiger partial charge is 0.490 e. The number of alkyl halides is 6. The van der Waals surface area contributed by atoms with Crippen LogP contribution in [0.2, 0.25) is 0 Å². The van der Waals surface area contributed by atoms with Crippen molar-refractivity contribution in [3.63, 3.8) is 0 Å². The van der Waals surface area contributed by atoms with E-state index < -0.39 is 24.3 Å². The molecular weight excluding hydrogens is 500 g/mol. The summed E-state index contributed by atoms with van der Waals surface area (Å²) in [6.07, 6.45) is 5.58. The second-order valence-electron chi connectivity index (χ2n) is 7.97. The lowest BCUT2D eigenvalue weighted by Crippen LogP contribution is -2.40. The molecule has 14 heteroatoms. The Labute approximate surface area is 208 Å². The van der Waals surface area contributed by atoms with Crippen LogP contribution in [0.3, 0.4) is 0 Å². The second-order valence-corrected chi connectivity index (χ2v) is 7.97. The fourth-order valence-electron chi connectivity index (χ4n) is 2.59. The molecule has 36 heavy (non-hydrogen) atoms. The van der Waals surface area contributed by atoms with Crippen LogP contribution in [0.4, 0.5) is 26.3 Å². The Morgan fingerprint density at radius 3 is 1.42 bits per heavy atom. The monoisotopic (exact) mass is 541 g/mol. The van der Waals surface area contributed by atoms with E-state index in [1.54, 1.807) is 0 Å². The maximum Gasteiger partial charge on any atom is 0.490 e. The van der Waals surface area contributed by atoms with Crippen molar-refractivity contribution in [2.75, 3.05) is 13.1 Å². The number of unbranched alkanes of at least 4 members (excludes halogenated alkanes) is 10. The summed E-state index contributed by atoms with van der Waals surface area (Å²) in [6.45, 7) is 3.69. The molecule has 0 rings (SSSR count). The van der Waals surface area contributed by atoms with Crippen molar-refractivity contribution in [3.8, 4) is 0 Å². The van der Waals surface area contributed by atoms with Crippen LogP contribution in [-0.2, 0) is 14.4 Å². The molecule has 0 bridgehead atoms. The zero-order valence-corrected chi connectivity index (χ0v) is 20.7. The van der Waals surface area contributed by atoms with Gasteiger partial charge < -0.3 is 27.0 Å². The SMILES string of the molecule is CCCCCCCCCCCCNC(=O)[C@H](N)CCCCN.O=C(O)C(F)(F)F.O=C(O)C(F)(F)F. The van der Waals surface area contributed by atoms with Crippen molar-refractivity contribution in [1.82, 2.24) is 5.32 Å². The molecule has 0 fully saturated rings. The van der Waals surface area contributed by atoms with Gasteiger partial charge in [0, 0.05) is 6.54 Å². The van der Waals surface area contributed by atoms with Crippen LogP contribution in [0.15, 0.2) is 0 Å². The molecule has 0 aromatic carbocycles. The molecule has 1 amide bonds. The van der Waals surface area contributed by atoms with E-state index in [1.807, 2.05) is 0 Å². The Morgan fingerprint density at radius 2 is 1.08 bits per heavy atom. The molecule has 216 valence electrons. The number of nitrogens with one attached hydrogen (secondary N) is 1. The first kappa shape index (κ1) is 38.4. The fourth-order valence-corrected chi connectivity index (χ4v) is 2.59. The van der Waals surface area contributed by atoms with E-state index in [4.69, 9.17) is 31.3 Å². The van der Waals surface area contributed by atoms with Gasteiger partial charge in [0.15, 0.2) is 0 Å². The summed E-state index contributed by atoms with van der Waals surface area (Å²) in [7, 11) is 0. The highest BCUT2D eigenvalue weighted by Crippen LogP contribution is 2.14. The number of carbonyl (C=O) groups is 3. The van der Waals surface area contributed by atoms with Crippen LogP contribution >= 0.6 is 0 Å². The number of carbonyl (C=O) groups excluding carboxylic acids is 1. The fraction of sp³-hybridized carbons (Fsp3) is 0.864. The van der Waals surface area contributed by atoms with Crippen molar-refractivity contribution in [2.24, 2.45) is 11.5 Å². The van der Waals surface area contributed by atoms with Gasteiger partial charge in [-0.05, 0) is 25.8 Å². The van der Waals surface area contributed by atoms with Crippen LogP contribution < -0.4 is 16.8 Å². The lowest BCUT2D eigenvalue weighted by Gasteiger charge is -2.11. The molecule has 1 atom stereocenters. The number of aliphatic carboxylic acids is 2. The van der Waals surface area contributed by atoms with Crippen molar-refractivity contribution in [1.29, 1.82) is 0 Å². The summed E-state index contributed by atoms with van der Waals surface area (Å²) in [5, 5.41) is 17.2. The molecule has 0 aliphatic rings. The van der Waals surface area contributed by atoms with Crippen LogP contribution in [0.25, 0.3) is 0 Å². The molecule has 0 saturated heterocycles. The predicted molar refractivity (Wildman–Crippen MR) is 123 cm³/mol. The number of hydrogen-bond donors (Lipinski definition) is 5. The van der Waals surface area contributed by atoms with Crippen molar-refractivity contribution in [2.45, 2.75) is 109 Å². The van der Waals surface area contributed by atoms with E-state index in [0.717, 1.165) is 32.2 Å². The number of hydrogen-bond acceptors (Lipinski definition) is 5. The van der Waals surface area contributed by atoms with Gasteiger partial charge in [-0.1, -0.05) is 71.1 Å². The Balaban J connectivity index is -0.000000632. The van der Waals surface area contributed by atoms with Gasteiger partial charge in [0.1, 0.15) is 0 Å². The first-order valence-corrected chi connectivity index (χ1v) is 11.9. The van der Waals surface area contributed by atoms with E-state index in [1.165, 1.54) is 57.8 Å². The van der Waals surface area contributed by atoms with Crippen molar-refractivity contribution in [3.05, 3.63) is 0 Å². The van der Waals surface area contributed by atoms with Gasteiger partial charge in [-0.2, -0.15) is 26.3 Å². The molecule has 8 nitrogen and oxygen atoms in total. The molecule has 0 aromatic heterocycles. The van der Waals surface area contributed by atoms with E-state index >= 15 is 0 Å². The molecule has 0 spiro atoms. The maximum atomic E-state index is 11.7. The molecule has 0 heterocycles. The number of carboxylic acid groups (broad SMARTS) is 2. The second kappa shape index (κ2) is 23.3. The zero-order chi connectivity index (χ0) is 28.6. The van der Waals surface area contributed by atoms with Gasteiger partial charge in [0.25, 0.3) is 0 Å². The maximum absolute atomic E-state index is 11.7. The average molecular weight is 542 g/mol. The smallest absolute Gasteiger partial charge is 0.475 e. The molecule has 0 unspecified atom stereocenters. The van der Waals surface area contributed by atoms with Crippen molar-refractivity contribution >= 4 is 17.8 Å². The zero-order valence-electron chi connectivity index (χ0n) is 20.7. The lowest BCUT2D eigenvalue weighted by atomic mass is 10.1. The van der Waals surface area contributed by atoms with E-state index in [0.29, 0.717) is 6.54 Å². The predicted octanol–water partition coefficient (Wildman–Crippen LogP) is 4.75. The molecule has 0 aliphatic carbocycles. The highest BCUT2D eigenvalue weighted by molar-refractivity contribution is 5.81. The number of rotatable bonds is 16. The normalized spacial score (nSPS) is 11.9. The lowest BCUT2D eigenvalue weighted by molar-refractivity contribution is -0.193. The minimum atomic E-state index is -5.08. The minimum Gasteiger partial charge on any atom is -0.475 e. The van der Waals surface area contributed by atoms with Crippen molar-refractivity contribution < 1.29 is 50.9 Å². The van der Waals surface area contributed by atoms with Gasteiger partial charge >= 0.3 is 24.3 Å². The third-order valence-electron chi connectivity index (χ3n) is 4.62. The first-order valence-electron chi connectivity index (χ1n) is 11.9. The molecule has 0 aromatic rings.